The first-order valence-corrected chi connectivity index (χ1v) is 6.97. The van der Waals surface area contributed by atoms with Crippen molar-refractivity contribution in [1.29, 1.82) is 0 Å². The monoisotopic (exact) mass is 282 g/mol. The number of hydrogen-bond donors (Lipinski definition) is 0. The first-order chi connectivity index (χ1) is 7.79. The summed E-state index contributed by atoms with van der Waals surface area (Å²) in [7, 11) is 1.76. The van der Waals surface area contributed by atoms with Gasteiger partial charge in [-0.15, -0.1) is 0 Å². The summed E-state index contributed by atoms with van der Waals surface area (Å²) in [5.74, 6) is 1.86. The molecule has 1 aromatic carbocycles. The molecule has 0 aliphatic heterocycles. The zero-order chi connectivity index (χ0) is 11.4. The lowest BCUT2D eigenvalue weighted by Crippen LogP contribution is -2.17. The number of rotatable bonds is 3. The molecule has 1 saturated carbocycles. The van der Waals surface area contributed by atoms with Gasteiger partial charge in [0, 0.05) is 4.83 Å². The van der Waals surface area contributed by atoms with Crippen LogP contribution in [0.5, 0.6) is 5.75 Å². The second kappa shape index (κ2) is 5.72. The lowest BCUT2D eigenvalue weighted by Gasteiger charge is -2.26. The molecule has 0 spiro atoms. The van der Waals surface area contributed by atoms with E-state index in [2.05, 4.69) is 34.1 Å². The van der Waals surface area contributed by atoms with Crippen LogP contribution >= 0.6 is 15.9 Å². The van der Waals surface area contributed by atoms with E-state index in [-0.39, 0.29) is 0 Å². The van der Waals surface area contributed by atoms with Crippen LogP contribution in [0.15, 0.2) is 24.3 Å². The van der Waals surface area contributed by atoms with Gasteiger partial charge in [0.05, 0.1) is 7.11 Å². The molecule has 2 heteroatoms. The minimum absolute atomic E-state index is 0.723. The number of methoxy groups -OCH3 is 1. The summed E-state index contributed by atoms with van der Waals surface area (Å²) < 4.78 is 5.40. The van der Waals surface area contributed by atoms with Crippen molar-refractivity contribution in [1.82, 2.24) is 0 Å². The third-order valence-electron chi connectivity index (χ3n) is 3.42. The van der Waals surface area contributed by atoms with Crippen molar-refractivity contribution >= 4 is 15.9 Å². The van der Waals surface area contributed by atoms with Crippen LogP contribution < -0.4 is 4.74 Å². The van der Waals surface area contributed by atoms with Gasteiger partial charge < -0.3 is 4.74 Å². The zero-order valence-corrected chi connectivity index (χ0v) is 11.4. The average molecular weight is 283 g/mol. The van der Waals surface area contributed by atoms with Crippen LogP contribution in [0.4, 0.5) is 0 Å². The molecule has 1 fully saturated rings. The Morgan fingerprint density at radius 1 is 1.31 bits per heavy atom. The Morgan fingerprint density at radius 3 is 2.88 bits per heavy atom. The first-order valence-electron chi connectivity index (χ1n) is 6.05. The highest BCUT2D eigenvalue weighted by atomic mass is 79.9. The summed E-state index contributed by atoms with van der Waals surface area (Å²) in [5.41, 5.74) is 1.36. The molecule has 0 N–H and O–H groups in total. The maximum absolute atomic E-state index is 5.40. The van der Waals surface area contributed by atoms with E-state index >= 15 is 0 Å². The van der Waals surface area contributed by atoms with Crippen molar-refractivity contribution in [3.05, 3.63) is 29.8 Å². The molecule has 16 heavy (non-hydrogen) atoms. The predicted molar refractivity (Wildman–Crippen MR) is 71.4 cm³/mol. The van der Waals surface area contributed by atoms with E-state index in [1.807, 2.05) is 6.07 Å². The van der Waals surface area contributed by atoms with Crippen LogP contribution in [0.25, 0.3) is 0 Å². The third kappa shape index (κ3) is 3.00. The highest BCUT2D eigenvalue weighted by Gasteiger charge is 2.20. The molecule has 1 aliphatic carbocycles. The van der Waals surface area contributed by atoms with Gasteiger partial charge in [0.1, 0.15) is 5.75 Å². The van der Waals surface area contributed by atoms with Crippen molar-refractivity contribution in [3.8, 4) is 5.75 Å². The third-order valence-corrected chi connectivity index (χ3v) is 4.25. The fourth-order valence-corrected chi connectivity index (χ4v) is 3.45. The zero-order valence-electron chi connectivity index (χ0n) is 9.79. The number of ether oxygens (including phenoxy) is 1. The number of alkyl halides is 1. The lowest BCUT2D eigenvalue weighted by atomic mass is 9.84. The fraction of sp³-hybridized carbons (Fsp3) is 0.571. The number of benzene rings is 1. The fourth-order valence-electron chi connectivity index (χ4n) is 2.59. The van der Waals surface area contributed by atoms with Crippen LogP contribution in [0.2, 0.25) is 0 Å². The molecule has 2 atom stereocenters. The molecule has 0 aromatic heterocycles. The van der Waals surface area contributed by atoms with Crippen LogP contribution in [0.1, 0.15) is 31.2 Å². The molecule has 1 aliphatic rings. The molecule has 2 unspecified atom stereocenters. The Morgan fingerprint density at radius 2 is 2.12 bits per heavy atom. The van der Waals surface area contributed by atoms with Crippen molar-refractivity contribution in [2.45, 2.75) is 36.9 Å². The Kier molecular flexibility index (Phi) is 4.28. The van der Waals surface area contributed by atoms with Crippen LogP contribution in [0, 0.1) is 5.92 Å². The molecule has 0 amide bonds. The van der Waals surface area contributed by atoms with E-state index in [4.69, 9.17) is 4.74 Å². The van der Waals surface area contributed by atoms with Crippen LogP contribution in [-0.4, -0.2) is 11.9 Å². The van der Waals surface area contributed by atoms with Gasteiger partial charge in [-0.05, 0) is 36.8 Å². The van der Waals surface area contributed by atoms with Gasteiger partial charge in [0.2, 0.25) is 0 Å². The molecular formula is C14H19BrO. The van der Waals surface area contributed by atoms with Gasteiger partial charge in [0.15, 0.2) is 0 Å². The minimum Gasteiger partial charge on any atom is -0.496 e. The van der Waals surface area contributed by atoms with Gasteiger partial charge in [-0.3, -0.25) is 0 Å². The van der Waals surface area contributed by atoms with Crippen molar-refractivity contribution < 1.29 is 4.74 Å². The van der Waals surface area contributed by atoms with Gasteiger partial charge in [-0.1, -0.05) is 47.0 Å². The van der Waals surface area contributed by atoms with Crippen LogP contribution in [0.3, 0.4) is 0 Å². The lowest BCUT2D eigenvalue weighted by molar-refractivity contribution is 0.357. The van der Waals surface area contributed by atoms with E-state index in [0.717, 1.165) is 22.9 Å². The van der Waals surface area contributed by atoms with Crippen molar-refractivity contribution in [2.24, 2.45) is 5.92 Å². The number of halogens is 1. The van der Waals surface area contributed by atoms with Crippen molar-refractivity contribution in [2.75, 3.05) is 7.11 Å². The molecule has 88 valence electrons. The second-order valence-corrected chi connectivity index (χ2v) is 5.94. The maximum atomic E-state index is 5.40. The Bertz CT molecular complexity index is 337. The molecule has 0 saturated heterocycles. The minimum atomic E-state index is 0.723. The summed E-state index contributed by atoms with van der Waals surface area (Å²) in [6.45, 7) is 0. The van der Waals surface area contributed by atoms with E-state index in [9.17, 15) is 0 Å². The largest absolute Gasteiger partial charge is 0.496 e. The molecule has 2 rings (SSSR count). The Balaban J connectivity index is 2.02. The smallest absolute Gasteiger partial charge is 0.122 e. The van der Waals surface area contributed by atoms with Crippen LogP contribution in [-0.2, 0) is 6.42 Å². The average Bonchev–Trinajstić information content (AvgIpc) is 2.30. The summed E-state index contributed by atoms with van der Waals surface area (Å²) in [5, 5.41) is 0. The molecule has 1 nitrogen and oxygen atoms in total. The summed E-state index contributed by atoms with van der Waals surface area (Å²) in [4.78, 5) is 0.723. The normalized spacial score (nSPS) is 25.4. The van der Waals surface area contributed by atoms with Crippen molar-refractivity contribution in [3.63, 3.8) is 0 Å². The quantitative estimate of drug-likeness (QED) is 0.756. The van der Waals surface area contributed by atoms with E-state index in [1.54, 1.807) is 7.11 Å². The highest BCUT2D eigenvalue weighted by molar-refractivity contribution is 9.09. The van der Waals surface area contributed by atoms with Gasteiger partial charge >= 0.3 is 0 Å². The topological polar surface area (TPSA) is 9.23 Å². The molecule has 0 radical (unpaired) electrons. The molecular weight excluding hydrogens is 264 g/mol. The Hall–Kier alpha value is -0.500. The predicted octanol–water partition coefficient (Wildman–Crippen LogP) is 4.19. The van der Waals surface area contributed by atoms with E-state index in [0.29, 0.717) is 0 Å². The standard InChI is InChI=1S/C14H19BrO/c1-16-14-8-3-2-6-12(14)9-11-5-4-7-13(15)10-11/h2-3,6,8,11,13H,4-5,7,9-10H2,1H3. The SMILES string of the molecule is COc1ccccc1CC1CCCC(Br)C1. The molecule has 0 bridgehead atoms. The highest BCUT2D eigenvalue weighted by Crippen LogP contribution is 2.33. The summed E-state index contributed by atoms with van der Waals surface area (Å²) in [6, 6.07) is 8.39. The van der Waals surface area contributed by atoms with Gasteiger partial charge in [-0.2, -0.15) is 0 Å². The molecule has 0 heterocycles. The van der Waals surface area contributed by atoms with Gasteiger partial charge in [0.25, 0.3) is 0 Å². The summed E-state index contributed by atoms with van der Waals surface area (Å²) in [6.07, 6.45) is 6.52. The first kappa shape index (κ1) is 12.0. The maximum Gasteiger partial charge on any atom is 0.122 e. The van der Waals surface area contributed by atoms with E-state index in [1.165, 1.54) is 31.2 Å². The van der Waals surface area contributed by atoms with E-state index < -0.39 is 0 Å². The number of para-hydroxylation sites is 1. The second-order valence-electron chi connectivity index (χ2n) is 4.65. The Labute approximate surface area is 106 Å². The molecule has 1 aromatic rings. The van der Waals surface area contributed by atoms with Gasteiger partial charge in [-0.25, -0.2) is 0 Å². The summed E-state index contributed by atoms with van der Waals surface area (Å²) >= 11 is 3.75. The number of hydrogen-bond acceptors (Lipinski definition) is 1.